The average Bonchev–Trinajstić information content (AvgIpc) is 2.61. The van der Waals surface area contributed by atoms with Gasteiger partial charge in [-0.1, -0.05) is 48.5 Å². The Balaban J connectivity index is 1.89. The van der Waals surface area contributed by atoms with Crippen LogP contribution in [0, 0.1) is 6.92 Å². The number of anilines is 1. The van der Waals surface area contributed by atoms with Crippen molar-refractivity contribution >= 4 is 17.6 Å². The van der Waals surface area contributed by atoms with E-state index in [1.54, 1.807) is 0 Å². The molecule has 0 aromatic heterocycles. The number of hydrogen-bond donors (Lipinski definition) is 2. The minimum atomic E-state index is -0.581. The normalized spacial score (nSPS) is 11.6. The van der Waals surface area contributed by atoms with Crippen molar-refractivity contribution in [3.8, 4) is 0 Å². The lowest BCUT2D eigenvalue weighted by molar-refractivity contribution is -0.143. The summed E-state index contributed by atoms with van der Waals surface area (Å²) >= 11 is 0. The zero-order valence-electron chi connectivity index (χ0n) is 13.9. The third kappa shape index (κ3) is 4.93. The predicted octanol–water partition coefficient (Wildman–Crippen LogP) is 2.83. The number of nitrogens with one attached hydrogen (secondary N) is 2. The number of rotatable bonds is 7. The zero-order chi connectivity index (χ0) is 17.4. The molecule has 2 aromatic carbocycles. The van der Waals surface area contributed by atoms with Gasteiger partial charge in [-0.15, -0.1) is 0 Å². The van der Waals surface area contributed by atoms with E-state index in [0.29, 0.717) is 6.54 Å². The van der Waals surface area contributed by atoms with Crippen LogP contribution in [0.25, 0.3) is 0 Å². The fraction of sp³-hybridized carbons (Fsp3) is 0.263. The van der Waals surface area contributed by atoms with Gasteiger partial charge in [0.15, 0.2) is 0 Å². The van der Waals surface area contributed by atoms with E-state index in [1.807, 2.05) is 61.5 Å². The van der Waals surface area contributed by atoms with Gasteiger partial charge in [0.2, 0.25) is 5.91 Å². The molecule has 0 aliphatic heterocycles. The molecule has 2 aromatic rings. The van der Waals surface area contributed by atoms with Gasteiger partial charge in [-0.25, -0.2) is 4.79 Å². The molecule has 5 nitrogen and oxygen atoms in total. The highest BCUT2D eigenvalue weighted by Gasteiger charge is 2.20. The Morgan fingerprint density at radius 2 is 1.71 bits per heavy atom. The number of carbonyl (C=O) groups excluding carboxylic acids is 2. The molecule has 2 rings (SSSR count). The Morgan fingerprint density at radius 3 is 2.38 bits per heavy atom. The van der Waals surface area contributed by atoms with Crippen LogP contribution in [0.4, 0.5) is 5.69 Å². The molecule has 0 heterocycles. The molecule has 2 N–H and O–H groups in total. The van der Waals surface area contributed by atoms with E-state index in [2.05, 4.69) is 10.6 Å². The van der Waals surface area contributed by atoms with Crippen molar-refractivity contribution in [1.29, 1.82) is 0 Å². The average molecular weight is 326 g/mol. The number of carbonyl (C=O) groups is 2. The van der Waals surface area contributed by atoms with Crippen molar-refractivity contribution in [2.75, 3.05) is 19.0 Å². The maximum absolute atomic E-state index is 12.1. The van der Waals surface area contributed by atoms with Gasteiger partial charge in [0.05, 0.1) is 7.11 Å². The second kappa shape index (κ2) is 8.84. The fourth-order valence-corrected chi connectivity index (χ4v) is 2.36. The Morgan fingerprint density at radius 1 is 1.04 bits per heavy atom. The van der Waals surface area contributed by atoms with Crippen LogP contribution in [0.1, 0.15) is 23.6 Å². The molecule has 24 heavy (non-hydrogen) atoms. The van der Waals surface area contributed by atoms with Crippen LogP contribution in [0.3, 0.4) is 0 Å². The van der Waals surface area contributed by atoms with E-state index >= 15 is 0 Å². The summed E-state index contributed by atoms with van der Waals surface area (Å²) in [6.45, 7) is 2.31. The quantitative estimate of drug-likeness (QED) is 0.768. The van der Waals surface area contributed by atoms with Gasteiger partial charge in [-0.3, -0.25) is 4.79 Å². The molecule has 0 spiro atoms. The highest BCUT2D eigenvalue weighted by molar-refractivity contribution is 5.91. The largest absolute Gasteiger partial charge is 0.468 e. The number of ether oxygens (including phenoxy) is 1. The van der Waals surface area contributed by atoms with Gasteiger partial charge in [-0.2, -0.15) is 0 Å². The smallest absolute Gasteiger partial charge is 0.327 e. The Labute approximate surface area is 142 Å². The summed E-state index contributed by atoms with van der Waals surface area (Å²) in [5, 5.41) is 5.95. The van der Waals surface area contributed by atoms with E-state index < -0.39 is 6.04 Å². The predicted molar refractivity (Wildman–Crippen MR) is 93.6 cm³/mol. The summed E-state index contributed by atoms with van der Waals surface area (Å²) in [6.07, 6.45) is 0.259. The van der Waals surface area contributed by atoms with E-state index in [0.717, 1.165) is 16.8 Å². The summed E-state index contributed by atoms with van der Waals surface area (Å²) in [6, 6.07) is 16.3. The van der Waals surface area contributed by atoms with Crippen molar-refractivity contribution in [2.45, 2.75) is 19.4 Å². The second-order valence-corrected chi connectivity index (χ2v) is 5.43. The molecule has 0 aliphatic carbocycles. The number of amides is 1. The summed E-state index contributed by atoms with van der Waals surface area (Å²) in [5.41, 5.74) is 2.62. The van der Waals surface area contributed by atoms with Crippen LogP contribution in [0.2, 0.25) is 0 Å². The Bertz CT molecular complexity index is 686. The molecule has 0 saturated carbocycles. The molecule has 0 bridgehead atoms. The molecule has 0 saturated heterocycles. The van der Waals surface area contributed by atoms with Crippen LogP contribution in [-0.2, 0) is 14.3 Å². The molecule has 1 amide bonds. The van der Waals surface area contributed by atoms with E-state index in [4.69, 9.17) is 4.74 Å². The molecule has 5 heteroatoms. The maximum atomic E-state index is 12.1. The maximum Gasteiger partial charge on any atom is 0.327 e. The molecular formula is C19H22N2O3. The number of aryl methyl sites for hydroxylation is 1. The van der Waals surface area contributed by atoms with Crippen LogP contribution in [0.15, 0.2) is 54.6 Å². The Kier molecular flexibility index (Phi) is 6.51. The summed E-state index contributed by atoms with van der Waals surface area (Å²) in [5.74, 6) is -0.478. The van der Waals surface area contributed by atoms with Gasteiger partial charge in [-0.05, 0) is 24.1 Å². The topological polar surface area (TPSA) is 67.4 Å². The minimum Gasteiger partial charge on any atom is -0.468 e. The number of methoxy groups -OCH3 is 1. The highest BCUT2D eigenvalue weighted by atomic mass is 16.5. The van der Waals surface area contributed by atoms with E-state index in [-0.39, 0.29) is 18.3 Å². The first-order valence-corrected chi connectivity index (χ1v) is 7.83. The minimum absolute atomic E-state index is 0.103. The lowest BCUT2D eigenvalue weighted by Gasteiger charge is -2.17. The Hall–Kier alpha value is -2.66. The third-order valence-electron chi connectivity index (χ3n) is 3.69. The van der Waals surface area contributed by atoms with Crippen LogP contribution < -0.4 is 10.6 Å². The molecule has 126 valence electrons. The highest BCUT2D eigenvalue weighted by Crippen LogP contribution is 2.15. The van der Waals surface area contributed by atoms with Crippen LogP contribution >= 0.6 is 0 Å². The van der Waals surface area contributed by atoms with Crippen molar-refractivity contribution in [1.82, 2.24) is 5.32 Å². The van der Waals surface area contributed by atoms with E-state index in [9.17, 15) is 9.59 Å². The first-order chi connectivity index (χ1) is 11.6. The molecule has 0 aliphatic rings. The van der Waals surface area contributed by atoms with E-state index in [1.165, 1.54) is 7.11 Å². The number of esters is 1. The number of hydrogen-bond acceptors (Lipinski definition) is 4. The summed E-state index contributed by atoms with van der Waals surface area (Å²) in [4.78, 5) is 24.0. The molecule has 0 unspecified atom stereocenters. The first kappa shape index (κ1) is 17.7. The second-order valence-electron chi connectivity index (χ2n) is 5.43. The molecule has 1 atom stereocenters. The SMILES string of the molecule is COC(=O)[C@@H](NCCC(=O)Nc1ccccc1C)c1ccccc1. The lowest BCUT2D eigenvalue weighted by Crippen LogP contribution is -2.32. The molecular weight excluding hydrogens is 304 g/mol. The van der Waals surface area contributed by atoms with Gasteiger partial charge < -0.3 is 15.4 Å². The van der Waals surface area contributed by atoms with Gasteiger partial charge in [0, 0.05) is 18.7 Å². The lowest BCUT2D eigenvalue weighted by atomic mass is 10.1. The molecule has 0 radical (unpaired) electrons. The van der Waals surface area contributed by atoms with Crippen molar-refractivity contribution in [2.24, 2.45) is 0 Å². The van der Waals surface area contributed by atoms with Crippen molar-refractivity contribution in [3.05, 3.63) is 65.7 Å². The third-order valence-corrected chi connectivity index (χ3v) is 3.69. The fourth-order valence-electron chi connectivity index (χ4n) is 2.36. The standard InChI is InChI=1S/C19H22N2O3/c1-14-8-6-7-11-16(14)21-17(22)12-13-20-18(19(23)24-2)15-9-4-3-5-10-15/h3-11,18,20H,12-13H2,1-2H3,(H,21,22)/t18-/m0/s1. The van der Waals surface area contributed by atoms with Crippen LogP contribution in [-0.4, -0.2) is 25.5 Å². The number of benzene rings is 2. The van der Waals surface area contributed by atoms with Gasteiger partial charge in [0.25, 0.3) is 0 Å². The van der Waals surface area contributed by atoms with Crippen molar-refractivity contribution in [3.63, 3.8) is 0 Å². The molecule has 0 fully saturated rings. The zero-order valence-corrected chi connectivity index (χ0v) is 13.9. The van der Waals surface area contributed by atoms with Gasteiger partial charge in [0.1, 0.15) is 6.04 Å². The van der Waals surface area contributed by atoms with Crippen LogP contribution in [0.5, 0.6) is 0 Å². The first-order valence-electron chi connectivity index (χ1n) is 7.83. The van der Waals surface area contributed by atoms with Gasteiger partial charge >= 0.3 is 5.97 Å². The number of para-hydroxylation sites is 1. The van der Waals surface area contributed by atoms with Crippen molar-refractivity contribution < 1.29 is 14.3 Å². The summed E-state index contributed by atoms with van der Waals surface area (Å²) < 4.78 is 4.83. The summed E-state index contributed by atoms with van der Waals surface area (Å²) in [7, 11) is 1.35. The monoisotopic (exact) mass is 326 g/mol.